The minimum Gasteiger partial charge on any atom is -0.504 e. The van der Waals surface area contributed by atoms with Crippen LogP contribution in [0.1, 0.15) is 57.6 Å². The lowest BCUT2D eigenvalue weighted by Crippen LogP contribution is -2.78. The Labute approximate surface area is 216 Å². The molecule has 37 heavy (non-hydrogen) atoms. The number of rotatable bonds is 5. The zero-order valence-corrected chi connectivity index (χ0v) is 21.9. The number of carbonyl (C=O) groups is 3. The molecule has 1 aromatic rings. The summed E-state index contributed by atoms with van der Waals surface area (Å²) in [6.45, 7) is 7.03. The average molecular weight is 513 g/mol. The second-order valence-corrected chi connectivity index (χ2v) is 12.7. The number of aliphatic hydroxyl groups is 1. The monoisotopic (exact) mass is 512 g/mol. The molecule has 3 N–H and O–H groups in total. The van der Waals surface area contributed by atoms with E-state index in [0.717, 1.165) is 24.2 Å². The van der Waals surface area contributed by atoms with Gasteiger partial charge in [-0.1, -0.05) is 26.8 Å². The molecule has 6 rings (SSSR count). The highest BCUT2D eigenvalue weighted by Crippen LogP contribution is 2.65. The summed E-state index contributed by atoms with van der Waals surface area (Å²) in [6.07, 6.45) is 2.28. The number of nitrogens with one attached hydrogen (secondary N) is 1. The van der Waals surface area contributed by atoms with Crippen LogP contribution >= 0.6 is 0 Å². The summed E-state index contributed by atoms with van der Waals surface area (Å²) >= 11 is 0. The summed E-state index contributed by atoms with van der Waals surface area (Å²) in [5.74, 6) is -2.01. The Bertz CT molecular complexity index is 1190. The number of ketones is 1. The van der Waals surface area contributed by atoms with E-state index in [1.54, 1.807) is 6.07 Å². The van der Waals surface area contributed by atoms with Gasteiger partial charge in [-0.3, -0.25) is 14.5 Å². The van der Waals surface area contributed by atoms with E-state index in [1.807, 2.05) is 26.8 Å². The van der Waals surface area contributed by atoms with E-state index in [9.17, 15) is 24.6 Å². The van der Waals surface area contributed by atoms with Gasteiger partial charge in [0, 0.05) is 18.2 Å². The molecule has 1 spiro atoms. The van der Waals surface area contributed by atoms with Crippen molar-refractivity contribution in [1.82, 2.24) is 10.2 Å². The molecular weight excluding hydrogens is 476 g/mol. The number of ether oxygens (including phenoxy) is 2. The second-order valence-electron chi connectivity index (χ2n) is 12.7. The normalized spacial score (nSPS) is 34.8. The highest BCUT2D eigenvalue weighted by molar-refractivity contribution is 6.07. The predicted octanol–water partition coefficient (Wildman–Crippen LogP) is 1.46. The molecule has 9 nitrogen and oxygen atoms in total. The number of carbonyl (C=O) groups excluding carboxylic acids is 3. The van der Waals surface area contributed by atoms with E-state index >= 15 is 0 Å². The molecule has 3 fully saturated rings. The van der Waals surface area contributed by atoms with E-state index in [1.165, 1.54) is 20.0 Å². The van der Waals surface area contributed by atoms with Gasteiger partial charge in [-0.15, -0.1) is 0 Å². The molecule has 2 heterocycles. The number of aromatic hydroxyl groups is 1. The SMILES string of the molecule is COC(=O)C(NC(=O)C1C[C@@]2(O)[C@H]3Cc4ccc(O)c5c4[C@@]2(CCN3CC2CC2)[C@@H](O5)C1=O)C(C)(C)C. The van der Waals surface area contributed by atoms with Crippen LogP contribution in [0.3, 0.4) is 0 Å². The molecule has 2 saturated carbocycles. The first-order chi connectivity index (χ1) is 17.4. The number of likely N-dealkylation sites (tertiary alicyclic amines) is 1. The first kappa shape index (κ1) is 24.7. The standard InChI is InChI=1S/C28H36N2O7/c1-26(2,3)22(25(34)36-4)29-24(33)16-12-28(35)18-11-15-7-8-17(31)21-19(15)27(28,23(37-21)20(16)32)9-10-30(18)13-14-5-6-14/h7-8,14,16,18,22-23,31,35H,5-6,9-13H2,1-4H3,(H,29,33)/t16?,18-,22?,23+,27+,28-/m1/s1. The molecule has 6 atom stereocenters. The zero-order valence-electron chi connectivity index (χ0n) is 21.9. The summed E-state index contributed by atoms with van der Waals surface area (Å²) in [6, 6.07) is 2.23. The van der Waals surface area contributed by atoms with Crippen molar-refractivity contribution in [1.29, 1.82) is 0 Å². The number of Topliss-reactive ketones (excluding diaryl/α,β-unsaturated/α-hetero) is 1. The molecule has 200 valence electrons. The lowest BCUT2D eigenvalue weighted by atomic mass is 9.47. The molecule has 9 heteroatoms. The van der Waals surface area contributed by atoms with Crippen LogP contribution in [0.15, 0.2) is 12.1 Å². The van der Waals surface area contributed by atoms with Crippen LogP contribution in [0, 0.1) is 17.3 Å². The minimum atomic E-state index is -1.41. The van der Waals surface area contributed by atoms with Crippen LogP contribution < -0.4 is 10.1 Å². The third-order valence-electron chi connectivity index (χ3n) is 9.54. The van der Waals surface area contributed by atoms with Crippen LogP contribution in [0.25, 0.3) is 0 Å². The topological polar surface area (TPSA) is 125 Å². The van der Waals surface area contributed by atoms with Crippen molar-refractivity contribution in [3.8, 4) is 11.5 Å². The van der Waals surface area contributed by atoms with E-state index in [0.29, 0.717) is 18.8 Å². The maximum atomic E-state index is 14.0. The fraction of sp³-hybridized carbons (Fsp3) is 0.679. The Morgan fingerprint density at radius 1 is 1.30 bits per heavy atom. The Morgan fingerprint density at radius 3 is 2.68 bits per heavy atom. The van der Waals surface area contributed by atoms with E-state index in [4.69, 9.17) is 9.47 Å². The zero-order chi connectivity index (χ0) is 26.5. The second kappa shape index (κ2) is 7.93. The number of phenols is 1. The van der Waals surface area contributed by atoms with Crippen molar-refractivity contribution in [2.75, 3.05) is 20.2 Å². The van der Waals surface area contributed by atoms with Crippen LogP contribution in [0.4, 0.5) is 0 Å². The molecule has 1 saturated heterocycles. The van der Waals surface area contributed by atoms with Gasteiger partial charge in [0.1, 0.15) is 12.0 Å². The van der Waals surface area contributed by atoms with Crippen molar-refractivity contribution in [2.24, 2.45) is 17.3 Å². The highest BCUT2D eigenvalue weighted by Gasteiger charge is 2.75. The third kappa shape index (κ3) is 3.32. The molecule has 1 aromatic carbocycles. The summed E-state index contributed by atoms with van der Waals surface area (Å²) in [7, 11) is 1.26. The molecule has 2 bridgehead atoms. The summed E-state index contributed by atoms with van der Waals surface area (Å²) in [5.41, 5.74) is -1.35. The van der Waals surface area contributed by atoms with Gasteiger partial charge >= 0.3 is 5.97 Å². The van der Waals surface area contributed by atoms with Gasteiger partial charge in [-0.2, -0.15) is 0 Å². The predicted molar refractivity (Wildman–Crippen MR) is 132 cm³/mol. The smallest absolute Gasteiger partial charge is 0.328 e. The molecule has 0 radical (unpaired) electrons. The number of amides is 1. The van der Waals surface area contributed by atoms with Gasteiger partial charge in [-0.05, 0) is 61.6 Å². The number of nitrogens with zero attached hydrogens (tertiary/aromatic N) is 1. The Hall–Kier alpha value is -2.65. The minimum absolute atomic E-state index is 0.0592. The van der Waals surface area contributed by atoms with Crippen molar-refractivity contribution >= 4 is 17.7 Å². The van der Waals surface area contributed by atoms with Crippen molar-refractivity contribution in [3.05, 3.63) is 23.3 Å². The van der Waals surface area contributed by atoms with Gasteiger partial charge < -0.3 is 25.0 Å². The summed E-state index contributed by atoms with van der Waals surface area (Å²) in [4.78, 5) is 42.5. The highest BCUT2D eigenvalue weighted by atomic mass is 16.5. The van der Waals surface area contributed by atoms with Crippen LogP contribution in [0.5, 0.6) is 11.5 Å². The van der Waals surface area contributed by atoms with E-state index in [-0.39, 0.29) is 24.0 Å². The Balaban J connectivity index is 1.42. The number of hydrogen-bond acceptors (Lipinski definition) is 8. The first-order valence-electron chi connectivity index (χ1n) is 13.3. The molecule has 0 aromatic heterocycles. The molecule has 1 amide bonds. The largest absolute Gasteiger partial charge is 0.504 e. The number of piperidine rings is 1. The van der Waals surface area contributed by atoms with Crippen LogP contribution in [0.2, 0.25) is 0 Å². The van der Waals surface area contributed by atoms with Gasteiger partial charge in [-0.25, -0.2) is 4.79 Å². The quantitative estimate of drug-likeness (QED) is 0.400. The van der Waals surface area contributed by atoms with Crippen molar-refractivity contribution in [2.45, 2.75) is 82.1 Å². The maximum absolute atomic E-state index is 14.0. The van der Waals surface area contributed by atoms with Crippen LogP contribution in [-0.2, 0) is 31.0 Å². The van der Waals surface area contributed by atoms with Gasteiger partial charge in [0.05, 0.1) is 18.1 Å². The van der Waals surface area contributed by atoms with E-state index < -0.39 is 52.2 Å². The summed E-state index contributed by atoms with van der Waals surface area (Å²) in [5, 5.41) is 26.1. The molecule has 3 aliphatic carbocycles. The number of phenolic OH excluding ortho intramolecular Hbond substituents is 1. The van der Waals surface area contributed by atoms with Crippen molar-refractivity contribution in [3.63, 3.8) is 0 Å². The molecular formula is C28H36N2O7. The van der Waals surface area contributed by atoms with Gasteiger partial charge in [0.15, 0.2) is 23.4 Å². The van der Waals surface area contributed by atoms with Gasteiger partial charge in [0.2, 0.25) is 5.91 Å². The van der Waals surface area contributed by atoms with Gasteiger partial charge in [0.25, 0.3) is 0 Å². The van der Waals surface area contributed by atoms with E-state index in [2.05, 4.69) is 10.2 Å². The molecule has 2 unspecified atom stereocenters. The lowest BCUT2D eigenvalue weighted by Gasteiger charge is -2.63. The Morgan fingerprint density at radius 2 is 2.03 bits per heavy atom. The average Bonchev–Trinajstić information content (AvgIpc) is 3.58. The maximum Gasteiger partial charge on any atom is 0.328 e. The number of hydrogen-bond donors (Lipinski definition) is 3. The number of benzene rings is 1. The Kier molecular flexibility index (Phi) is 5.29. The number of methoxy groups -OCH3 is 1. The lowest BCUT2D eigenvalue weighted by molar-refractivity contribution is -0.199. The van der Waals surface area contributed by atoms with Crippen molar-refractivity contribution < 1.29 is 34.1 Å². The fourth-order valence-electron chi connectivity index (χ4n) is 7.51. The molecule has 2 aliphatic heterocycles. The summed E-state index contributed by atoms with van der Waals surface area (Å²) < 4.78 is 11.1. The fourth-order valence-corrected chi connectivity index (χ4v) is 7.51. The third-order valence-corrected chi connectivity index (χ3v) is 9.54. The number of esters is 1. The van der Waals surface area contributed by atoms with Crippen LogP contribution in [-0.4, -0.2) is 76.8 Å². The molecule has 5 aliphatic rings. The first-order valence-corrected chi connectivity index (χ1v) is 13.3.